The normalized spacial score (nSPS) is 10.3. The molecule has 126 valence electrons. The summed E-state index contributed by atoms with van der Waals surface area (Å²) in [6.45, 7) is 2.87. The van der Waals surface area contributed by atoms with E-state index < -0.39 is 0 Å². The quantitative estimate of drug-likeness (QED) is 0.675. The predicted molar refractivity (Wildman–Crippen MR) is 104 cm³/mol. The SMILES string of the molecule is Cc1c(NCCc2ccccc2)cccc1NC(=O)c1ccccc1. The van der Waals surface area contributed by atoms with Crippen LogP contribution < -0.4 is 10.6 Å². The molecule has 0 bridgehead atoms. The predicted octanol–water partition coefficient (Wildman–Crippen LogP) is 4.90. The van der Waals surface area contributed by atoms with Crippen molar-refractivity contribution in [1.82, 2.24) is 0 Å². The zero-order valence-electron chi connectivity index (χ0n) is 14.3. The van der Waals surface area contributed by atoms with Crippen molar-refractivity contribution in [2.45, 2.75) is 13.3 Å². The summed E-state index contributed by atoms with van der Waals surface area (Å²) in [5.41, 5.74) is 4.88. The first-order valence-corrected chi connectivity index (χ1v) is 8.48. The highest BCUT2D eigenvalue weighted by Crippen LogP contribution is 2.24. The molecule has 0 spiro atoms. The van der Waals surface area contributed by atoms with Crippen LogP contribution >= 0.6 is 0 Å². The van der Waals surface area contributed by atoms with Gasteiger partial charge in [-0.2, -0.15) is 0 Å². The van der Waals surface area contributed by atoms with Gasteiger partial charge in [0.2, 0.25) is 0 Å². The average molecular weight is 330 g/mol. The van der Waals surface area contributed by atoms with Gasteiger partial charge in [0.1, 0.15) is 0 Å². The Hall–Kier alpha value is -3.07. The first-order chi connectivity index (χ1) is 12.2. The second-order valence-electron chi connectivity index (χ2n) is 5.96. The smallest absolute Gasteiger partial charge is 0.255 e. The monoisotopic (exact) mass is 330 g/mol. The number of rotatable bonds is 6. The molecule has 0 saturated carbocycles. The molecule has 0 saturated heterocycles. The van der Waals surface area contributed by atoms with Crippen molar-refractivity contribution in [1.29, 1.82) is 0 Å². The molecule has 25 heavy (non-hydrogen) atoms. The van der Waals surface area contributed by atoms with Gasteiger partial charge in [0, 0.05) is 23.5 Å². The Kier molecular flexibility index (Phi) is 5.47. The van der Waals surface area contributed by atoms with Gasteiger partial charge < -0.3 is 10.6 Å². The third-order valence-corrected chi connectivity index (χ3v) is 4.19. The van der Waals surface area contributed by atoms with Crippen LogP contribution in [0, 0.1) is 6.92 Å². The van der Waals surface area contributed by atoms with E-state index in [9.17, 15) is 4.79 Å². The van der Waals surface area contributed by atoms with E-state index in [1.807, 2.05) is 61.5 Å². The summed E-state index contributed by atoms with van der Waals surface area (Å²) in [5.74, 6) is -0.0925. The molecule has 0 aromatic heterocycles. The first kappa shape index (κ1) is 16.8. The summed E-state index contributed by atoms with van der Waals surface area (Å²) in [4.78, 5) is 12.3. The summed E-state index contributed by atoms with van der Waals surface area (Å²) in [5, 5.41) is 6.46. The van der Waals surface area contributed by atoms with Crippen LogP contribution in [0.2, 0.25) is 0 Å². The fraction of sp³-hybridized carbons (Fsp3) is 0.136. The van der Waals surface area contributed by atoms with Crippen molar-refractivity contribution >= 4 is 17.3 Å². The summed E-state index contributed by atoms with van der Waals surface area (Å²) in [6, 6.07) is 25.6. The second kappa shape index (κ2) is 8.15. The third-order valence-electron chi connectivity index (χ3n) is 4.19. The largest absolute Gasteiger partial charge is 0.384 e. The van der Waals surface area contributed by atoms with Crippen LogP contribution in [0.15, 0.2) is 78.9 Å². The van der Waals surface area contributed by atoms with Crippen LogP contribution in [0.25, 0.3) is 0 Å². The number of benzene rings is 3. The van der Waals surface area contributed by atoms with E-state index in [0.29, 0.717) is 5.56 Å². The molecule has 0 unspecified atom stereocenters. The number of nitrogens with one attached hydrogen (secondary N) is 2. The Labute approximate surface area is 148 Å². The van der Waals surface area contributed by atoms with Crippen molar-refractivity contribution in [2.75, 3.05) is 17.2 Å². The molecular weight excluding hydrogens is 308 g/mol. The van der Waals surface area contributed by atoms with Crippen LogP contribution in [0.5, 0.6) is 0 Å². The molecule has 3 heteroatoms. The lowest BCUT2D eigenvalue weighted by atomic mass is 10.1. The Balaban J connectivity index is 1.64. The number of amides is 1. The van der Waals surface area contributed by atoms with E-state index in [1.54, 1.807) is 0 Å². The molecule has 2 N–H and O–H groups in total. The first-order valence-electron chi connectivity index (χ1n) is 8.48. The molecule has 0 heterocycles. The number of carbonyl (C=O) groups excluding carboxylic acids is 1. The van der Waals surface area contributed by atoms with Gasteiger partial charge in [-0.25, -0.2) is 0 Å². The lowest BCUT2D eigenvalue weighted by Gasteiger charge is -2.14. The minimum atomic E-state index is -0.0925. The molecular formula is C22H22N2O. The minimum absolute atomic E-state index is 0.0925. The maximum Gasteiger partial charge on any atom is 0.255 e. The Bertz CT molecular complexity index is 829. The van der Waals surface area contributed by atoms with Crippen LogP contribution in [0.1, 0.15) is 21.5 Å². The number of hydrogen-bond acceptors (Lipinski definition) is 2. The molecule has 0 radical (unpaired) electrons. The molecule has 0 aliphatic rings. The van der Waals surface area contributed by atoms with E-state index >= 15 is 0 Å². The van der Waals surface area contributed by atoms with Gasteiger partial charge >= 0.3 is 0 Å². The van der Waals surface area contributed by atoms with Gasteiger partial charge in [0.15, 0.2) is 0 Å². The number of carbonyl (C=O) groups is 1. The molecule has 3 aromatic carbocycles. The highest BCUT2D eigenvalue weighted by molar-refractivity contribution is 6.04. The molecule has 0 aliphatic carbocycles. The molecule has 3 rings (SSSR count). The molecule has 3 nitrogen and oxygen atoms in total. The van der Waals surface area contributed by atoms with Crippen molar-refractivity contribution in [3.8, 4) is 0 Å². The van der Waals surface area contributed by atoms with Gasteiger partial charge in [-0.15, -0.1) is 0 Å². The van der Waals surface area contributed by atoms with Gasteiger partial charge in [0.05, 0.1) is 0 Å². The molecule has 3 aromatic rings. The van der Waals surface area contributed by atoms with Gasteiger partial charge in [-0.05, 0) is 48.7 Å². The van der Waals surface area contributed by atoms with E-state index in [2.05, 4.69) is 34.9 Å². The maximum atomic E-state index is 12.3. The number of hydrogen-bond donors (Lipinski definition) is 2. The van der Waals surface area contributed by atoms with E-state index in [-0.39, 0.29) is 5.91 Å². The summed E-state index contributed by atoms with van der Waals surface area (Å²) in [6.07, 6.45) is 0.959. The van der Waals surface area contributed by atoms with Crippen molar-refractivity contribution in [3.05, 3.63) is 95.6 Å². The number of anilines is 2. The third kappa shape index (κ3) is 4.48. The average Bonchev–Trinajstić information content (AvgIpc) is 2.66. The van der Waals surface area contributed by atoms with Crippen molar-refractivity contribution < 1.29 is 4.79 Å². The van der Waals surface area contributed by atoms with E-state index in [4.69, 9.17) is 0 Å². The summed E-state index contributed by atoms with van der Waals surface area (Å²) in [7, 11) is 0. The molecule has 0 fully saturated rings. The standard InChI is InChI=1S/C22H22N2O/c1-17-20(23-16-15-18-9-4-2-5-10-18)13-8-14-21(17)24-22(25)19-11-6-3-7-12-19/h2-14,23H,15-16H2,1H3,(H,24,25). The molecule has 1 amide bonds. The lowest BCUT2D eigenvalue weighted by Crippen LogP contribution is -2.13. The highest BCUT2D eigenvalue weighted by atomic mass is 16.1. The second-order valence-corrected chi connectivity index (χ2v) is 5.96. The van der Waals surface area contributed by atoms with Crippen LogP contribution in [-0.4, -0.2) is 12.5 Å². The van der Waals surface area contributed by atoms with Gasteiger partial charge in [-0.1, -0.05) is 54.6 Å². The Morgan fingerprint density at radius 2 is 1.44 bits per heavy atom. The van der Waals surface area contributed by atoms with E-state index in [1.165, 1.54) is 5.56 Å². The van der Waals surface area contributed by atoms with Crippen molar-refractivity contribution in [3.63, 3.8) is 0 Å². The topological polar surface area (TPSA) is 41.1 Å². The lowest BCUT2D eigenvalue weighted by molar-refractivity contribution is 0.102. The van der Waals surface area contributed by atoms with Gasteiger partial charge in [-0.3, -0.25) is 4.79 Å². The summed E-state index contributed by atoms with van der Waals surface area (Å²) >= 11 is 0. The molecule has 0 aliphatic heterocycles. The minimum Gasteiger partial charge on any atom is -0.384 e. The maximum absolute atomic E-state index is 12.3. The Morgan fingerprint density at radius 3 is 2.16 bits per heavy atom. The van der Waals surface area contributed by atoms with Crippen molar-refractivity contribution in [2.24, 2.45) is 0 Å². The molecule has 0 atom stereocenters. The van der Waals surface area contributed by atoms with Crippen LogP contribution in [0.3, 0.4) is 0 Å². The zero-order chi connectivity index (χ0) is 17.5. The fourth-order valence-corrected chi connectivity index (χ4v) is 2.73. The van der Waals surface area contributed by atoms with E-state index in [0.717, 1.165) is 29.9 Å². The highest BCUT2D eigenvalue weighted by Gasteiger charge is 2.09. The van der Waals surface area contributed by atoms with Crippen LogP contribution in [-0.2, 0) is 6.42 Å². The fourth-order valence-electron chi connectivity index (χ4n) is 2.73. The Morgan fingerprint density at radius 1 is 0.800 bits per heavy atom. The summed E-state index contributed by atoms with van der Waals surface area (Å²) < 4.78 is 0. The zero-order valence-corrected chi connectivity index (χ0v) is 14.3. The van der Waals surface area contributed by atoms with Crippen LogP contribution in [0.4, 0.5) is 11.4 Å². The van der Waals surface area contributed by atoms with Gasteiger partial charge in [0.25, 0.3) is 5.91 Å².